The lowest BCUT2D eigenvalue weighted by atomic mass is 10.2. The average molecular weight is 388 g/mol. The summed E-state index contributed by atoms with van der Waals surface area (Å²) in [5.41, 5.74) is 2.00. The van der Waals surface area contributed by atoms with Crippen molar-refractivity contribution in [3.63, 3.8) is 0 Å². The molecule has 2 rings (SSSR count). The predicted octanol–water partition coefficient (Wildman–Crippen LogP) is 2.98. The number of nitro benzene ring substituents is 1. The number of nitrogens with zero attached hydrogens (tertiary/aromatic N) is 2. The number of carbonyl (C=O) groups is 1. The summed E-state index contributed by atoms with van der Waals surface area (Å²) in [4.78, 5) is 25.4. The molecule has 8 heteroatoms. The molecule has 2 aromatic rings. The number of hydrogen-bond donors (Lipinski definition) is 2. The smallest absolute Gasteiger partial charge is 0.269 e. The highest BCUT2D eigenvalue weighted by Crippen LogP contribution is 2.16. The van der Waals surface area contributed by atoms with E-state index in [2.05, 4.69) is 34.9 Å². The molecule has 0 saturated carbocycles. The van der Waals surface area contributed by atoms with Crippen LogP contribution in [0.2, 0.25) is 0 Å². The van der Waals surface area contributed by atoms with Crippen LogP contribution in [-0.2, 0) is 11.3 Å². The molecule has 0 heterocycles. The maximum absolute atomic E-state index is 12.0. The maximum Gasteiger partial charge on any atom is 0.269 e. The van der Waals surface area contributed by atoms with E-state index in [-0.39, 0.29) is 11.6 Å². The number of likely N-dealkylation sites (N-methyl/N-ethyl adjacent to an activating group) is 1. The molecule has 0 aromatic heterocycles. The van der Waals surface area contributed by atoms with Crippen LogP contribution in [0.25, 0.3) is 0 Å². The highest BCUT2D eigenvalue weighted by atomic mass is 32.2. The van der Waals surface area contributed by atoms with Gasteiger partial charge in [0.25, 0.3) is 5.69 Å². The molecule has 1 amide bonds. The van der Waals surface area contributed by atoms with Crippen LogP contribution in [0.1, 0.15) is 5.56 Å². The van der Waals surface area contributed by atoms with Crippen LogP contribution in [0.4, 0.5) is 11.4 Å². The van der Waals surface area contributed by atoms with Crippen LogP contribution < -0.4 is 10.6 Å². The quantitative estimate of drug-likeness (QED) is 0.282. The van der Waals surface area contributed by atoms with E-state index < -0.39 is 4.92 Å². The molecule has 2 aromatic carbocycles. The minimum Gasteiger partial charge on any atom is -0.383 e. The summed E-state index contributed by atoms with van der Waals surface area (Å²) < 4.78 is 0. The molecule has 0 unspecified atom stereocenters. The molecule has 0 saturated heterocycles. The van der Waals surface area contributed by atoms with Gasteiger partial charge in [0, 0.05) is 42.3 Å². The topological polar surface area (TPSA) is 87.5 Å². The maximum atomic E-state index is 12.0. The summed E-state index contributed by atoms with van der Waals surface area (Å²) in [7, 11) is 1.91. The predicted molar refractivity (Wildman–Crippen MR) is 109 cm³/mol. The third-order valence-electron chi connectivity index (χ3n) is 3.88. The number of rotatable bonds is 10. The van der Waals surface area contributed by atoms with Crippen molar-refractivity contribution in [3.05, 3.63) is 64.2 Å². The van der Waals surface area contributed by atoms with Gasteiger partial charge < -0.3 is 10.6 Å². The van der Waals surface area contributed by atoms with Gasteiger partial charge in [-0.25, -0.2) is 0 Å². The highest BCUT2D eigenvalue weighted by molar-refractivity contribution is 7.98. The summed E-state index contributed by atoms with van der Waals surface area (Å²) in [6.45, 7) is 2.06. The van der Waals surface area contributed by atoms with Crippen molar-refractivity contribution in [3.8, 4) is 0 Å². The van der Waals surface area contributed by atoms with Crippen molar-refractivity contribution >= 4 is 29.0 Å². The van der Waals surface area contributed by atoms with Gasteiger partial charge in [-0.05, 0) is 43.1 Å². The minimum atomic E-state index is -0.433. The van der Waals surface area contributed by atoms with Gasteiger partial charge in [0.15, 0.2) is 0 Å². The fourth-order valence-electron chi connectivity index (χ4n) is 2.51. The number of carbonyl (C=O) groups excluding carboxylic acids is 1. The Balaban J connectivity index is 1.65. The van der Waals surface area contributed by atoms with Crippen molar-refractivity contribution in [2.24, 2.45) is 0 Å². The Hall–Kier alpha value is -2.58. The number of anilines is 1. The lowest BCUT2D eigenvalue weighted by Gasteiger charge is -2.16. The molecule has 0 fully saturated rings. The van der Waals surface area contributed by atoms with Gasteiger partial charge in [-0.2, -0.15) is 0 Å². The normalized spacial score (nSPS) is 10.6. The first-order valence-electron chi connectivity index (χ1n) is 8.54. The Morgan fingerprint density at radius 2 is 1.78 bits per heavy atom. The molecular formula is C19H24N4O3S. The summed E-state index contributed by atoms with van der Waals surface area (Å²) in [5, 5.41) is 16.6. The van der Waals surface area contributed by atoms with Crippen LogP contribution in [0.15, 0.2) is 53.4 Å². The number of amides is 1. The molecule has 27 heavy (non-hydrogen) atoms. The zero-order chi connectivity index (χ0) is 19.6. The molecule has 0 bridgehead atoms. The fraction of sp³-hybridized carbons (Fsp3) is 0.316. The van der Waals surface area contributed by atoms with Crippen molar-refractivity contribution in [2.75, 3.05) is 38.3 Å². The first-order valence-corrected chi connectivity index (χ1v) is 9.77. The number of non-ortho nitro benzene ring substituents is 1. The van der Waals surface area contributed by atoms with Crippen molar-refractivity contribution in [2.45, 2.75) is 11.4 Å². The number of thioether (sulfide) groups is 1. The molecule has 0 radical (unpaired) electrons. The minimum absolute atomic E-state index is 0.0382. The average Bonchev–Trinajstić information content (AvgIpc) is 2.66. The zero-order valence-electron chi connectivity index (χ0n) is 15.5. The Morgan fingerprint density at radius 1 is 1.11 bits per heavy atom. The van der Waals surface area contributed by atoms with E-state index in [9.17, 15) is 14.9 Å². The van der Waals surface area contributed by atoms with E-state index >= 15 is 0 Å². The van der Waals surface area contributed by atoms with Gasteiger partial charge in [-0.1, -0.05) is 12.1 Å². The summed E-state index contributed by atoms with van der Waals surface area (Å²) in [6.07, 6.45) is 2.04. The standard InChI is InChI=1S/C19H24N4O3S/c1-22(13-15-3-9-18(27-2)10-4-15)14-19(24)21-12-11-20-16-5-7-17(8-6-16)23(25)26/h3-10,20H,11-14H2,1-2H3,(H,21,24). The first kappa shape index (κ1) is 20.7. The molecule has 7 nitrogen and oxygen atoms in total. The Labute approximate surface area is 163 Å². The monoisotopic (exact) mass is 388 g/mol. The second kappa shape index (κ2) is 10.5. The Bertz CT molecular complexity index is 751. The van der Waals surface area contributed by atoms with Crippen LogP contribution in [-0.4, -0.2) is 48.7 Å². The summed E-state index contributed by atoms with van der Waals surface area (Å²) in [5.74, 6) is -0.0382. The molecule has 0 atom stereocenters. The summed E-state index contributed by atoms with van der Waals surface area (Å²) in [6, 6.07) is 14.5. The molecule has 0 aliphatic rings. The largest absolute Gasteiger partial charge is 0.383 e. The van der Waals surface area contributed by atoms with Gasteiger partial charge in [0.1, 0.15) is 0 Å². The number of hydrogen-bond acceptors (Lipinski definition) is 6. The van der Waals surface area contributed by atoms with Crippen LogP contribution >= 0.6 is 11.8 Å². The van der Waals surface area contributed by atoms with Crippen molar-refractivity contribution in [1.29, 1.82) is 0 Å². The molecule has 144 valence electrons. The zero-order valence-corrected chi connectivity index (χ0v) is 16.3. The molecule has 0 aliphatic carbocycles. The van der Waals surface area contributed by atoms with Crippen LogP contribution in [0.5, 0.6) is 0 Å². The van der Waals surface area contributed by atoms with E-state index in [1.54, 1.807) is 23.9 Å². The van der Waals surface area contributed by atoms with Gasteiger partial charge in [0.05, 0.1) is 11.5 Å². The van der Waals surface area contributed by atoms with Gasteiger partial charge in [0.2, 0.25) is 5.91 Å². The number of nitrogens with one attached hydrogen (secondary N) is 2. The molecule has 2 N–H and O–H groups in total. The van der Waals surface area contributed by atoms with E-state index in [0.717, 1.165) is 5.69 Å². The fourth-order valence-corrected chi connectivity index (χ4v) is 2.92. The van der Waals surface area contributed by atoms with Crippen molar-refractivity contribution < 1.29 is 9.72 Å². The second-order valence-electron chi connectivity index (χ2n) is 6.10. The van der Waals surface area contributed by atoms with Gasteiger partial charge in [-0.3, -0.25) is 19.8 Å². The van der Waals surface area contributed by atoms with Crippen LogP contribution in [0.3, 0.4) is 0 Å². The summed E-state index contributed by atoms with van der Waals surface area (Å²) >= 11 is 1.70. The third kappa shape index (κ3) is 7.28. The highest BCUT2D eigenvalue weighted by Gasteiger charge is 2.07. The van der Waals surface area contributed by atoms with E-state index in [1.165, 1.54) is 22.6 Å². The van der Waals surface area contributed by atoms with Crippen LogP contribution in [0, 0.1) is 10.1 Å². The van der Waals surface area contributed by atoms with E-state index in [0.29, 0.717) is 26.2 Å². The van der Waals surface area contributed by atoms with Gasteiger partial charge in [-0.15, -0.1) is 11.8 Å². The van der Waals surface area contributed by atoms with E-state index in [1.807, 2.05) is 18.2 Å². The Kier molecular flexibility index (Phi) is 8.09. The Morgan fingerprint density at radius 3 is 2.37 bits per heavy atom. The SMILES string of the molecule is CSc1ccc(CN(C)CC(=O)NCCNc2ccc([N+](=O)[O-])cc2)cc1. The third-order valence-corrected chi connectivity index (χ3v) is 4.62. The first-order chi connectivity index (χ1) is 13.0. The van der Waals surface area contributed by atoms with Gasteiger partial charge >= 0.3 is 0 Å². The number of nitro groups is 1. The number of benzene rings is 2. The lowest BCUT2D eigenvalue weighted by Crippen LogP contribution is -2.37. The molecule has 0 aliphatic heterocycles. The van der Waals surface area contributed by atoms with Crippen molar-refractivity contribution in [1.82, 2.24) is 10.2 Å². The molecular weight excluding hydrogens is 364 g/mol. The molecule has 0 spiro atoms. The second-order valence-corrected chi connectivity index (χ2v) is 6.98. The lowest BCUT2D eigenvalue weighted by molar-refractivity contribution is -0.384. The van der Waals surface area contributed by atoms with E-state index in [4.69, 9.17) is 0 Å².